The fourth-order valence-electron chi connectivity index (χ4n) is 5.88. The molecule has 4 aliphatic rings. The smallest absolute Gasteiger partial charge is 0.378 e. The van der Waals surface area contributed by atoms with E-state index in [4.69, 9.17) is 14.6 Å². The number of esters is 2. The molecular formula is C30H26N4O4S. The van der Waals surface area contributed by atoms with Gasteiger partial charge in [0.05, 0.1) is 17.4 Å². The number of cyclic esters (lactones) is 1. The van der Waals surface area contributed by atoms with Crippen molar-refractivity contribution in [3.63, 3.8) is 0 Å². The Hall–Kier alpha value is -4.24. The highest BCUT2D eigenvalue weighted by atomic mass is 32.2. The summed E-state index contributed by atoms with van der Waals surface area (Å²) >= 11 is 1.55. The highest BCUT2D eigenvalue weighted by molar-refractivity contribution is 8.04. The van der Waals surface area contributed by atoms with Crippen LogP contribution in [0.1, 0.15) is 16.7 Å². The Morgan fingerprint density at radius 3 is 2.36 bits per heavy atom. The summed E-state index contributed by atoms with van der Waals surface area (Å²) in [6.07, 6.45) is 2.08. The number of carbonyl (C=O) groups excluding carboxylic acids is 2. The van der Waals surface area contributed by atoms with Gasteiger partial charge in [-0.2, -0.15) is 0 Å². The summed E-state index contributed by atoms with van der Waals surface area (Å²) in [5.41, 5.74) is 3.15. The maximum absolute atomic E-state index is 14.0. The zero-order chi connectivity index (χ0) is 26.8. The van der Waals surface area contributed by atoms with Crippen LogP contribution in [-0.2, 0) is 25.7 Å². The first-order chi connectivity index (χ1) is 19.0. The Morgan fingerprint density at radius 1 is 1.00 bits per heavy atom. The third-order valence-corrected chi connectivity index (χ3v) is 9.13. The van der Waals surface area contributed by atoms with Crippen molar-refractivity contribution < 1.29 is 19.1 Å². The van der Waals surface area contributed by atoms with E-state index in [2.05, 4.69) is 6.08 Å². The number of ether oxygens (including phenoxy) is 2. The average molecular weight is 539 g/mol. The number of hydrogen-bond acceptors (Lipinski definition) is 9. The Labute approximate surface area is 230 Å². The van der Waals surface area contributed by atoms with Gasteiger partial charge >= 0.3 is 11.9 Å². The molecule has 196 valence electrons. The summed E-state index contributed by atoms with van der Waals surface area (Å²) in [5.74, 6) is -1.03. The molecule has 0 bridgehead atoms. The third kappa shape index (κ3) is 3.22. The topological polar surface area (TPSA) is 74.7 Å². The van der Waals surface area contributed by atoms with Crippen molar-refractivity contribution in [2.24, 2.45) is 5.10 Å². The van der Waals surface area contributed by atoms with Gasteiger partial charge < -0.3 is 9.47 Å². The quantitative estimate of drug-likeness (QED) is 0.439. The Bertz CT molecular complexity index is 1520. The van der Waals surface area contributed by atoms with Crippen LogP contribution in [0, 0.1) is 13.8 Å². The van der Waals surface area contributed by atoms with Gasteiger partial charge in [-0.3, -0.25) is 5.01 Å². The normalized spacial score (nSPS) is 26.3. The largest absolute Gasteiger partial charge is 0.461 e. The second-order valence-electron chi connectivity index (χ2n) is 10.2. The first kappa shape index (κ1) is 23.8. The van der Waals surface area contributed by atoms with Gasteiger partial charge in [0, 0.05) is 0 Å². The first-order valence-electron chi connectivity index (χ1n) is 12.8. The van der Waals surface area contributed by atoms with Crippen molar-refractivity contribution in [2.75, 3.05) is 16.6 Å². The van der Waals surface area contributed by atoms with Gasteiger partial charge in [0.2, 0.25) is 0 Å². The van der Waals surface area contributed by atoms with Crippen LogP contribution in [0.4, 0.5) is 11.4 Å². The molecule has 39 heavy (non-hydrogen) atoms. The molecule has 0 radical (unpaired) electrons. The van der Waals surface area contributed by atoms with E-state index in [0.29, 0.717) is 5.69 Å². The molecule has 9 heteroatoms. The molecule has 3 aromatic carbocycles. The molecule has 2 spiro atoms. The SMILES string of the molecule is Cc1ccc(N2[C@@H]3C=CS[C@@]34COC(=O)[C@]43N(c4ccc(C)cc4)N=C(C(=O)OCc4ccccc4)N23)cc1. The molecular weight excluding hydrogens is 512 g/mol. The number of benzene rings is 3. The summed E-state index contributed by atoms with van der Waals surface area (Å²) in [7, 11) is 0. The van der Waals surface area contributed by atoms with Gasteiger partial charge in [0.15, 0.2) is 0 Å². The van der Waals surface area contributed by atoms with Gasteiger partial charge in [-0.1, -0.05) is 71.8 Å². The molecule has 3 atom stereocenters. The van der Waals surface area contributed by atoms with E-state index in [1.807, 2.05) is 103 Å². The molecule has 0 unspecified atom stereocenters. The number of amidine groups is 1. The van der Waals surface area contributed by atoms with Crippen molar-refractivity contribution in [3.8, 4) is 0 Å². The van der Waals surface area contributed by atoms with E-state index in [1.54, 1.807) is 21.8 Å². The standard InChI is InChI=1S/C30H26N4O4S/c1-20-8-12-23(13-9-20)32-25-16-17-39-29(25)19-38-28(36)30(29)33(24-14-10-21(2)11-15-24)31-26(34(30)32)27(35)37-18-22-6-4-3-5-7-22/h3-17,25H,18-19H2,1-2H3/t25-,29+,30-/m1/s1. The van der Waals surface area contributed by atoms with Crippen LogP contribution in [0.2, 0.25) is 0 Å². The number of aryl methyl sites for hydroxylation is 2. The van der Waals surface area contributed by atoms with E-state index < -0.39 is 22.3 Å². The maximum atomic E-state index is 14.0. The van der Waals surface area contributed by atoms with Crippen molar-refractivity contribution in [3.05, 3.63) is 107 Å². The summed E-state index contributed by atoms with van der Waals surface area (Å²) < 4.78 is 10.8. The molecule has 7 rings (SSSR count). The van der Waals surface area contributed by atoms with Crippen LogP contribution in [-0.4, -0.2) is 45.8 Å². The molecule has 3 aromatic rings. The molecule has 4 heterocycles. The third-order valence-electron chi connectivity index (χ3n) is 7.77. The first-order valence-corrected chi connectivity index (χ1v) is 13.7. The minimum Gasteiger partial charge on any atom is -0.461 e. The average Bonchev–Trinajstić information content (AvgIpc) is 3.66. The van der Waals surface area contributed by atoms with Crippen LogP contribution in [0.3, 0.4) is 0 Å². The van der Waals surface area contributed by atoms with Crippen molar-refractivity contribution in [1.82, 2.24) is 5.01 Å². The van der Waals surface area contributed by atoms with Crippen LogP contribution >= 0.6 is 11.8 Å². The molecule has 0 N–H and O–H groups in total. The molecule has 8 nitrogen and oxygen atoms in total. The van der Waals surface area contributed by atoms with Gasteiger partial charge in [0.1, 0.15) is 18.0 Å². The summed E-state index contributed by atoms with van der Waals surface area (Å²) in [5, 5.41) is 12.3. The number of thioether (sulfide) groups is 1. The van der Waals surface area contributed by atoms with Crippen LogP contribution in [0.15, 0.2) is 95.4 Å². The molecule has 0 saturated carbocycles. The molecule has 0 amide bonds. The molecule has 2 fully saturated rings. The highest BCUT2D eigenvalue weighted by Crippen LogP contribution is 2.63. The number of hydrazone groups is 1. The van der Waals surface area contributed by atoms with E-state index >= 15 is 0 Å². The number of nitrogens with zero attached hydrogens (tertiary/aromatic N) is 4. The predicted molar refractivity (Wildman–Crippen MR) is 150 cm³/mol. The van der Waals surface area contributed by atoms with Crippen molar-refractivity contribution in [1.29, 1.82) is 0 Å². The van der Waals surface area contributed by atoms with Crippen molar-refractivity contribution >= 4 is 40.9 Å². The summed E-state index contributed by atoms with van der Waals surface area (Å²) in [6.45, 7) is 4.29. The predicted octanol–water partition coefficient (Wildman–Crippen LogP) is 4.54. The van der Waals surface area contributed by atoms with Gasteiger partial charge in [-0.05, 0) is 49.1 Å². The van der Waals surface area contributed by atoms with E-state index in [9.17, 15) is 9.59 Å². The monoisotopic (exact) mass is 538 g/mol. The lowest BCUT2D eigenvalue weighted by molar-refractivity contribution is -0.145. The van der Waals surface area contributed by atoms with E-state index in [-0.39, 0.29) is 25.1 Å². The van der Waals surface area contributed by atoms with Gasteiger partial charge in [-0.25, -0.2) is 19.6 Å². The molecule has 0 aliphatic carbocycles. The maximum Gasteiger partial charge on any atom is 0.378 e. The second-order valence-corrected chi connectivity index (χ2v) is 11.4. The van der Waals surface area contributed by atoms with Crippen LogP contribution in [0.5, 0.6) is 0 Å². The number of hydrazine groups is 1. The summed E-state index contributed by atoms with van der Waals surface area (Å²) in [4.78, 5) is 27.8. The minimum absolute atomic E-state index is 0.0358. The number of hydrogen-bond donors (Lipinski definition) is 0. The lowest BCUT2D eigenvalue weighted by Gasteiger charge is -2.40. The number of carbonyl (C=O) groups is 2. The number of rotatable bonds is 5. The van der Waals surface area contributed by atoms with Crippen molar-refractivity contribution in [2.45, 2.75) is 36.9 Å². The lowest BCUT2D eigenvalue weighted by atomic mass is 9.88. The summed E-state index contributed by atoms with van der Waals surface area (Å²) in [6, 6.07) is 25.0. The van der Waals surface area contributed by atoms with Crippen LogP contribution in [0.25, 0.3) is 0 Å². The molecule has 0 aromatic heterocycles. The van der Waals surface area contributed by atoms with Crippen LogP contribution < -0.4 is 10.0 Å². The zero-order valence-corrected chi connectivity index (χ0v) is 22.3. The highest BCUT2D eigenvalue weighted by Gasteiger charge is 2.83. The second kappa shape index (κ2) is 8.64. The molecule has 2 saturated heterocycles. The zero-order valence-electron chi connectivity index (χ0n) is 21.5. The number of anilines is 2. The fourth-order valence-corrected chi connectivity index (χ4v) is 7.21. The van der Waals surface area contributed by atoms with Gasteiger partial charge in [0.25, 0.3) is 11.5 Å². The Kier molecular flexibility index (Phi) is 5.28. The van der Waals surface area contributed by atoms with E-state index in [1.165, 1.54) is 0 Å². The van der Waals surface area contributed by atoms with E-state index in [0.717, 1.165) is 22.4 Å². The Balaban J connectivity index is 1.40. The minimum atomic E-state index is -1.42. The fraction of sp³-hybridized carbons (Fsp3) is 0.233. The van der Waals surface area contributed by atoms with Gasteiger partial charge in [-0.15, -0.1) is 16.9 Å². The molecule has 4 aliphatic heterocycles. The lowest BCUT2D eigenvalue weighted by Crippen LogP contribution is -2.67. The Morgan fingerprint density at radius 2 is 1.67 bits per heavy atom.